The minimum Gasteiger partial charge on any atom is -0.396 e. The molecular formula is C17H29NO. The van der Waals surface area contributed by atoms with E-state index in [1.807, 2.05) is 0 Å². The van der Waals surface area contributed by atoms with Gasteiger partial charge in [-0.25, -0.2) is 0 Å². The van der Waals surface area contributed by atoms with Gasteiger partial charge in [0.25, 0.3) is 0 Å². The Hall–Kier alpha value is -0.860. The summed E-state index contributed by atoms with van der Waals surface area (Å²) in [5, 5.41) is 12.2. The van der Waals surface area contributed by atoms with E-state index in [2.05, 4.69) is 43.4 Å². The summed E-state index contributed by atoms with van der Waals surface area (Å²) in [5.74, 6) is 0.725. The molecule has 19 heavy (non-hydrogen) atoms. The maximum atomic E-state index is 8.68. The Morgan fingerprint density at radius 3 is 2.21 bits per heavy atom. The van der Waals surface area contributed by atoms with E-state index in [-0.39, 0.29) is 0 Å². The molecule has 0 aliphatic heterocycles. The van der Waals surface area contributed by atoms with E-state index in [0.717, 1.165) is 31.8 Å². The second kappa shape index (κ2) is 9.99. The molecule has 0 heterocycles. The summed E-state index contributed by atoms with van der Waals surface area (Å²) in [6, 6.07) is 8.96. The molecule has 0 radical (unpaired) electrons. The number of aliphatic hydroxyl groups is 1. The van der Waals surface area contributed by atoms with Crippen LogP contribution in [-0.4, -0.2) is 18.3 Å². The molecule has 2 N–H and O–H groups in total. The molecule has 0 spiro atoms. The van der Waals surface area contributed by atoms with Crippen LogP contribution in [0.4, 0.5) is 0 Å². The standard InChI is InChI=1S/C17H29NO/c1-15(2)13-16-7-9-17(10-8-16)14-18-11-5-3-4-6-12-19/h7-10,15,18-19H,3-6,11-14H2,1-2H3. The highest BCUT2D eigenvalue weighted by Gasteiger charge is 1.98. The van der Waals surface area contributed by atoms with Gasteiger partial charge in [-0.1, -0.05) is 51.0 Å². The summed E-state index contributed by atoms with van der Waals surface area (Å²) in [7, 11) is 0. The van der Waals surface area contributed by atoms with E-state index in [9.17, 15) is 0 Å². The Bertz CT molecular complexity index is 319. The number of hydrogen-bond acceptors (Lipinski definition) is 2. The molecule has 0 fully saturated rings. The van der Waals surface area contributed by atoms with E-state index in [1.54, 1.807) is 0 Å². The summed E-state index contributed by atoms with van der Waals surface area (Å²) in [6.45, 7) is 6.87. The van der Waals surface area contributed by atoms with Crippen molar-refractivity contribution >= 4 is 0 Å². The zero-order valence-electron chi connectivity index (χ0n) is 12.5. The Balaban J connectivity index is 2.12. The van der Waals surface area contributed by atoms with Crippen LogP contribution in [0.3, 0.4) is 0 Å². The number of hydrogen-bond donors (Lipinski definition) is 2. The monoisotopic (exact) mass is 263 g/mol. The summed E-state index contributed by atoms with van der Waals surface area (Å²) < 4.78 is 0. The van der Waals surface area contributed by atoms with Gasteiger partial charge >= 0.3 is 0 Å². The Morgan fingerprint density at radius 2 is 1.58 bits per heavy atom. The maximum absolute atomic E-state index is 8.68. The molecule has 0 unspecified atom stereocenters. The van der Waals surface area contributed by atoms with Crippen molar-refractivity contribution < 1.29 is 5.11 Å². The molecule has 0 saturated carbocycles. The molecule has 0 aliphatic rings. The fourth-order valence-electron chi connectivity index (χ4n) is 2.21. The van der Waals surface area contributed by atoms with Gasteiger partial charge in [-0.2, -0.15) is 0 Å². The van der Waals surface area contributed by atoms with Gasteiger partial charge in [0.05, 0.1) is 0 Å². The van der Waals surface area contributed by atoms with Crippen LogP contribution in [0.2, 0.25) is 0 Å². The lowest BCUT2D eigenvalue weighted by molar-refractivity contribution is 0.282. The number of unbranched alkanes of at least 4 members (excludes halogenated alkanes) is 3. The zero-order valence-corrected chi connectivity index (χ0v) is 12.5. The highest BCUT2D eigenvalue weighted by atomic mass is 16.2. The summed E-state index contributed by atoms with van der Waals surface area (Å²) in [6.07, 6.45) is 5.66. The number of aliphatic hydroxyl groups excluding tert-OH is 1. The molecule has 0 amide bonds. The minimum absolute atomic E-state index is 0.330. The van der Waals surface area contributed by atoms with Gasteiger partial charge < -0.3 is 10.4 Å². The Morgan fingerprint density at radius 1 is 0.947 bits per heavy atom. The average molecular weight is 263 g/mol. The second-order valence-corrected chi connectivity index (χ2v) is 5.73. The first-order chi connectivity index (χ1) is 9.22. The molecule has 0 saturated heterocycles. The van der Waals surface area contributed by atoms with Crippen molar-refractivity contribution in [3.8, 4) is 0 Å². The van der Waals surface area contributed by atoms with Crippen LogP contribution in [0.1, 0.15) is 50.7 Å². The van der Waals surface area contributed by atoms with Crippen LogP contribution in [0.15, 0.2) is 24.3 Å². The van der Waals surface area contributed by atoms with E-state index >= 15 is 0 Å². The predicted molar refractivity (Wildman–Crippen MR) is 82.2 cm³/mol. The maximum Gasteiger partial charge on any atom is 0.0431 e. The molecule has 0 aromatic heterocycles. The molecule has 0 atom stereocenters. The lowest BCUT2D eigenvalue weighted by Gasteiger charge is -2.08. The van der Waals surface area contributed by atoms with Crippen LogP contribution in [0.25, 0.3) is 0 Å². The molecular weight excluding hydrogens is 234 g/mol. The first-order valence-electron chi connectivity index (χ1n) is 7.61. The van der Waals surface area contributed by atoms with Crippen LogP contribution in [-0.2, 0) is 13.0 Å². The lowest BCUT2D eigenvalue weighted by Crippen LogP contribution is -2.14. The SMILES string of the molecule is CC(C)Cc1ccc(CNCCCCCCO)cc1. The molecule has 0 bridgehead atoms. The van der Waals surface area contributed by atoms with Crippen molar-refractivity contribution in [2.45, 2.75) is 52.5 Å². The summed E-state index contributed by atoms with van der Waals surface area (Å²) >= 11 is 0. The highest BCUT2D eigenvalue weighted by Crippen LogP contribution is 2.09. The van der Waals surface area contributed by atoms with Crippen molar-refractivity contribution in [2.24, 2.45) is 5.92 Å². The topological polar surface area (TPSA) is 32.3 Å². The summed E-state index contributed by atoms with van der Waals surface area (Å²) in [4.78, 5) is 0. The molecule has 108 valence electrons. The first kappa shape index (κ1) is 16.2. The van der Waals surface area contributed by atoms with Crippen LogP contribution in [0.5, 0.6) is 0 Å². The second-order valence-electron chi connectivity index (χ2n) is 5.73. The number of nitrogens with one attached hydrogen (secondary N) is 1. The molecule has 2 heteroatoms. The van der Waals surface area contributed by atoms with E-state index in [4.69, 9.17) is 5.11 Å². The van der Waals surface area contributed by atoms with Gasteiger partial charge in [-0.3, -0.25) is 0 Å². The van der Waals surface area contributed by atoms with E-state index in [0.29, 0.717) is 6.61 Å². The fraction of sp³-hybridized carbons (Fsp3) is 0.647. The van der Waals surface area contributed by atoms with Gasteiger partial charge in [-0.05, 0) is 42.9 Å². The highest BCUT2D eigenvalue weighted by molar-refractivity contribution is 5.22. The third-order valence-electron chi connectivity index (χ3n) is 3.26. The smallest absolute Gasteiger partial charge is 0.0431 e. The first-order valence-corrected chi connectivity index (χ1v) is 7.61. The third kappa shape index (κ3) is 8.02. The van der Waals surface area contributed by atoms with Gasteiger partial charge in [-0.15, -0.1) is 0 Å². The van der Waals surface area contributed by atoms with E-state index in [1.165, 1.54) is 30.4 Å². The normalized spacial score (nSPS) is 11.2. The van der Waals surface area contributed by atoms with Gasteiger partial charge in [0.15, 0.2) is 0 Å². The molecule has 1 rings (SSSR count). The zero-order chi connectivity index (χ0) is 13.9. The van der Waals surface area contributed by atoms with Gasteiger partial charge in [0.1, 0.15) is 0 Å². The van der Waals surface area contributed by atoms with Crippen molar-refractivity contribution in [3.05, 3.63) is 35.4 Å². The van der Waals surface area contributed by atoms with Crippen molar-refractivity contribution in [1.82, 2.24) is 5.32 Å². The lowest BCUT2D eigenvalue weighted by atomic mass is 10.0. The molecule has 2 nitrogen and oxygen atoms in total. The van der Waals surface area contributed by atoms with Crippen molar-refractivity contribution in [3.63, 3.8) is 0 Å². The van der Waals surface area contributed by atoms with Crippen molar-refractivity contribution in [2.75, 3.05) is 13.2 Å². The Labute approximate surface area is 118 Å². The van der Waals surface area contributed by atoms with Crippen LogP contribution < -0.4 is 5.32 Å². The average Bonchev–Trinajstić information content (AvgIpc) is 2.39. The van der Waals surface area contributed by atoms with Crippen molar-refractivity contribution in [1.29, 1.82) is 0 Å². The quantitative estimate of drug-likeness (QED) is 0.633. The number of rotatable bonds is 10. The summed E-state index contributed by atoms with van der Waals surface area (Å²) in [5.41, 5.74) is 2.80. The minimum atomic E-state index is 0.330. The molecule has 1 aromatic carbocycles. The van der Waals surface area contributed by atoms with Gasteiger partial charge in [0, 0.05) is 13.2 Å². The predicted octanol–water partition coefficient (Wildman–Crippen LogP) is 3.53. The number of benzene rings is 1. The van der Waals surface area contributed by atoms with E-state index < -0.39 is 0 Å². The molecule has 0 aliphatic carbocycles. The van der Waals surface area contributed by atoms with Crippen LogP contribution >= 0.6 is 0 Å². The van der Waals surface area contributed by atoms with Crippen LogP contribution in [0, 0.1) is 5.92 Å². The van der Waals surface area contributed by atoms with Gasteiger partial charge in [0.2, 0.25) is 0 Å². The molecule has 1 aromatic rings. The fourth-order valence-corrected chi connectivity index (χ4v) is 2.21. The third-order valence-corrected chi connectivity index (χ3v) is 3.26. The Kier molecular flexibility index (Phi) is 8.52. The largest absolute Gasteiger partial charge is 0.396 e.